The minimum Gasteiger partial charge on any atom is -0.456 e. The molecule has 0 aliphatic carbocycles. The largest absolute Gasteiger partial charge is 0.456 e. The van der Waals surface area contributed by atoms with Crippen LogP contribution in [0, 0.1) is 0 Å². The van der Waals surface area contributed by atoms with Crippen LogP contribution in [0.3, 0.4) is 0 Å². The predicted octanol–water partition coefficient (Wildman–Crippen LogP) is 12.3. The highest BCUT2D eigenvalue weighted by molar-refractivity contribution is 6.09. The van der Waals surface area contributed by atoms with Gasteiger partial charge in [-0.05, 0) is 77.4 Å². The Hall–Kier alpha value is -6.06. The zero-order valence-corrected chi connectivity index (χ0v) is 24.4. The number of anilines is 3. The van der Waals surface area contributed by atoms with E-state index in [1.54, 1.807) is 0 Å². The second-order valence-electron chi connectivity index (χ2n) is 11.4. The molecule has 45 heavy (non-hydrogen) atoms. The second kappa shape index (κ2) is 10.3. The number of nitrogens with zero attached hydrogens (tertiary/aromatic N) is 1. The number of furan rings is 2. The van der Waals surface area contributed by atoms with Crippen molar-refractivity contribution in [3.8, 4) is 22.3 Å². The minimum atomic E-state index is 0.905. The fourth-order valence-electron chi connectivity index (χ4n) is 6.50. The van der Waals surface area contributed by atoms with E-state index in [1.807, 2.05) is 24.3 Å². The smallest absolute Gasteiger partial charge is 0.143 e. The molecule has 3 nitrogen and oxygen atoms in total. The summed E-state index contributed by atoms with van der Waals surface area (Å²) in [5.74, 6) is 0. The van der Waals surface area contributed by atoms with Crippen LogP contribution < -0.4 is 4.90 Å². The third-order valence-electron chi connectivity index (χ3n) is 8.69. The third-order valence-corrected chi connectivity index (χ3v) is 8.69. The van der Waals surface area contributed by atoms with Gasteiger partial charge in [-0.25, -0.2) is 0 Å². The van der Waals surface area contributed by atoms with Crippen LogP contribution in [0.15, 0.2) is 173 Å². The molecule has 212 valence electrons. The first-order valence-electron chi connectivity index (χ1n) is 15.2. The van der Waals surface area contributed by atoms with Crippen molar-refractivity contribution in [2.75, 3.05) is 4.90 Å². The first-order valence-corrected chi connectivity index (χ1v) is 15.2. The molecule has 2 heterocycles. The molecule has 0 saturated carbocycles. The molecule has 0 bridgehead atoms. The van der Waals surface area contributed by atoms with Crippen LogP contribution in [-0.4, -0.2) is 0 Å². The molecule has 0 saturated heterocycles. The van der Waals surface area contributed by atoms with Crippen molar-refractivity contribution < 1.29 is 8.83 Å². The standard InChI is InChI=1S/C42H27NO2/c1-2-9-31(10-3-1)43(32-22-17-28(18-23-32)30-21-26-37-35-11-4-6-15-39(35)44-41(37)27-30)33-24-19-29(20-25-33)34-13-8-14-38-36-12-5-7-16-40(36)45-42(34)38/h1-27H. The van der Waals surface area contributed by atoms with Gasteiger partial charge in [0.15, 0.2) is 0 Å². The number of benzene rings is 7. The van der Waals surface area contributed by atoms with Crippen molar-refractivity contribution in [3.63, 3.8) is 0 Å². The Morgan fingerprint density at radius 1 is 0.333 bits per heavy atom. The molecule has 2 aromatic heterocycles. The molecule has 0 amide bonds. The van der Waals surface area contributed by atoms with E-state index in [0.29, 0.717) is 0 Å². The minimum absolute atomic E-state index is 0.905. The van der Waals surface area contributed by atoms with Gasteiger partial charge in [-0.1, -0.05) is 103 Å². The molecule has 0 fully saturated rings. The molecule has 0 aliphatic rings. The van der Waals surface area contributed by atoms with Crippen molar-refractivity contribution >= 4 is 60.9 Å². The average molecular weight is 578 g/mol. The van der Waals surface area contributed by atoms with Gasteiger partial charge in [0, 0.05) is 44.2 Å². The Morgan fingerprint density at radius 2 is 0.867 bits per heavy atom. The summed E-state index contributed by atoms with van der Waals surface area (Å²) in [5, 5.41) is 4.56. The monoisotopic (exact) mass is 577 g/mol. The molecule has 9 aromatic rings. The Kier molecular flexibility index (Phi) is 5.82. The van der Waals surface area contributed by atoms with E-state index in [4.69, 9.17) is 8.83 Å². The number of para-hydroxylation sites is 4. The summed E-state index contributed by atoms with van der Waals surface area (Å²) in [6.07, 6.45) is 0. The Balaban J connectivity index is 1.08. The van der Waals surface area contributed by atoms with Crippen LogP contribution >= 0.6 is 0 Å². The van der Waals surface area contributed by atoms with Crippen molar-refractivity contribution in [1.29, 1.82) is 0 Å². The Morgan fingerprint density at radius 3 is 1.60 bits per heavy atom. The second-order valence-corrected chi connectivity index (χ2v) is 11.4. The summed E-state index contributed by atoms with van der Waals surface area (Å²) < 4.78 is 12.5. The van der Waals surface area contributed by atoms with Crippen molar-refractivity contribution in [1.82, 2.24) is 0 Å². The van der Waals surface area contributed by atoms with Crippen LogP contribution in [0.4, 0.5) is 17.1 Å². The van der Waals surface area contributed by atoms with Crippen LogP contribution in [0.5, 0.6) is 0 Å². The maximum Gasteiger partial charge on any atom is 0.143 e. The highest BCUT2D eigenvalue weighted by atomic mass is 16.3. The highest BCUT2D eigenvalue weighted by Crippen LogP contribution is 2.40. The van der Waals surface area contributed by atoms with Crippen molar-refractivity contribution in [2.45, 2.75) is 0 Å². The summed E-state index contributed by atoms with van der Waals surface area (Å²) in [6.45, 7) is 0. The molecule has 0 N–H and O–H groups in total. The van der Waals surface area contributed by atoms with Gasteiger partial charge < -0.3 is 13.7 Å². The van der Waals surface area contributed by atoms with E-state index < -0.39 is 0 Å². The summed E-state index contributed by atoms with van der Waals surface area (Å²) in [5.41, 5.74) is 11.4. The highest BCUT2D eigenvalue weighted by Gasteiger charge is 2.16. The fraction of sp³-hybridized carbons (Fsp3) is 0. The van der Waals surface area contributed by atoms with Crippen molar-refractivity contribution in [2.24, 2.45) is 0 Å². The lowest BCUT2D eigenvalue weighted by Crippen LogP contribution is -2.09. The average Bonchev–Trinajstić information content (AvgIpc) is 3.68. The molecule has 0 spiro atoms. The SMILES string of the molecule is c1ccc(N(c2ccc(-c3ccc4c(c3)oc3ccccc34)cc2)c2ccc(-c3cccc4c3oc3ccccc34)cc2)cc1. The zero-order chi connectivity index (χ0) is 29.7. The van der Waals surface area contributed by atoms with E-state index in [1.165, 1.54) is 0 Å². The van der Waals surface area contributed by atoms with Crippen LogP contribution in [0.25, 0.3) is 66.1 Å². The summed E-state index contributed by atoms with van der Waals surface area (Å²) in [7, 11) is 0. The van der Waals surface area contributed by atoms with Gasteiger partial charge in [0.1, 0.15) is 22.3 Å². The number of hydrogen-bond acceptors (Lipinski definition) is 3. The summed E-state index contributed by atoms with van der Waals surface area (Å²) >= 11 is 0. The van der Waals surface area contributed by atoms with E-state index in [-0.39, 0.29) is 0 Å². The number of rotatable bonds is 5. The first-order chi connectivity index (χ1) is 22.3. The van der Waals surface area contributed by atoms with Crippen LogP contribution in [-0.2, 0) is 0 Å². The zero-order valence-electron chi connectivity index (χ0n) is 24.4. The van der Waals surface area contributed by atoms with E-state index in [2.05, 4.69) is 144 Å². The number of hydrogen-bond donors (Lipinski definition) is 0. The van der Waals surface area contributed by atoms with E-state index in [9.17, 15) is 0 Å². The lowest BCUT2D eigenvalue weighted by atomic mass is 10.0. The predicted molar refractivity (Wildman–Crippen MR) is 187 cm³/mol. The Labute approximate surface area is 260 Å². The van der Waals surface area contributed by atoms with Crippen LogP contribution in [0.2, 0.25) is 0 Å². The van der Waals surface area contributed by atoms with Gasteiger partial charge in [0.25, 0.3) is 0 Å². The van der Waals surface area contributed by atoms with E-state index >= 15 is 0 Å². The topological polar surface area (TPSA) is 29.5 Å². The van der Waals surface area contributed by atoms with Crippen molar-refractivity contribution in [3.05, 3.63) is 164 Å². The molecule has 0 atom stereocenters. The quantitative estimate of drug-likeness (QED) is 0.204. The molecule has 7 aromatic carbocycles. The normalized spacial score (nSPS) is 11.6. The summed E-state index contributed by atoms with van der Waals surface area (Å²) in [4.78, 5) is 2.29. The lowest BCUT2D eigenvalue weighted by molar-refractivity contribution is 0.669. The molecule has 0 radical (unpaired) electrons. The third kappa shape index (κ3) is 4.29. The molecular formula is C42H27NO2. The maximum atomic E-state index is 6.32. The summed E-state index contributed by atoms with van der Waals surface area (Å²) in [6, 6.07) is 57.3. The Bertz CT molecular complexity index is 2470. The van der Waals surface area contributed by atoms with Gasteiger partial charge in [-0.15, -0.1) is 0 Å². The first kappa shape index (κ1) is 25.4. The molecule has 9 rings (SSSR count). The van der Waals surface area contributed by atoms with Crippen LogP contribution in [0.1, 0.15) is 0 Å². The number of fused-ring (bicyclic) bond motifs is 6. The molecule has 3 heteroatoms. The molecule has 0 unspecified atom stereocenters. The van der Waals surface area contributed by atoms with Gasteiger partial charge in [0.05, 0.1) is 0 Å². The van der Waals surface area contributed by atoms with Gasteiger partial charge in [-0.3, -0.25) is 0 Å². The van der Waals surface area contributed by atoms with Gasteiger partial charge >= 0.3 is 0 Å². The fourth-order valence-corrected chi connectivity index (χ4v) is 6.50. The lowest BCUT2D eigenvalue weighted by Gasteiger charge is -2.26. The maximum absolute atomic E-state index is 6.32. The molecule has 0 aliphatic heterocycles. The molecular weight excluding hydrogens is 550 g/mol. The van der Waals surface area contributed by atoms with Gasteiger partial charge in [0.2, 0.25) is 0 Å². The van der Waals surface area contributed by atoms with E-state index in [0.717, 1.165) is 83.2 Å². The van der Waals surface area contributed by atoms with Gasteiger partial charge in [-0.2, -0.15) is 0 Å².